The van der Waals surface area contributed by atoms with E-state index >= 15 is 0 Å². The van der Waals surface area contributed by atoms with Gasteiger partial charge in [0.2, 0.25) is 0 Å². The Kier molecular flexibility index (Phi) is 3.95. The van der Waals surface area contributed by atoms with Crippen molar-refractivity contribution in [3.05, 3.63) is 127 Å². The molecule has 0 radical (unpaired) electrons. The van der Waals surface area contributed by atoms with E-state index in [-0.39, 0.29) is 0 Å². The lowest BCUT2D eigenvalue weighted by molar-refractivity contribution is 1.76. The van der Waals surface area contributed by atoms with Crippen molar-refractivity contribution in [2.75, 3.05) is 0 Å². The Morgan fingerprint density at radius 2 is 0.743 bits per heavy atom. The van der Waals surface area contributed by atoms with Crippen LogP contribution in [0.15, 0.2) is 127 Å². The lowest BCUT2D eigenvalue weighted by Gasteiger charge is -2.09. The van der Waals surface area contributed by atoms with E-state index in [1.54, 1.807) is 0 Å². The quantitative estimate of drug-likeness (QED) is 0.214. The Balaban J connectivity index is 1.76. The monoisotopic (exact) mass is 460 g/mol. The van der Waals surface area contributed by atoms with Gasteiger partial charge in [-0.1, -0.05) is 123 Å². The molecule has 0 bridgehead atoms. The largest absolute Gasteiger partial charge is 0.0772 e. The molecule has 0 amide bonds. The molecule has 1 heterocycles. The molecular weight excluding hydrogens is 439 g/mol. The first kappa shape index (κ1) is 19.2. The fraction of sp³-hybridized carbons (Fsp3) is 0. The van der Waals surface area contributed by atoms with Gasteiger partial charge in [-0.3, -0.25) is 0 Å². The summed E-state index contributed by atoms with van der Waals surface area (Å²) in [5.41, 5.74) is 0. The van der Waals surface area contributed by atoms with Gasteiger partial charge in [-0.25, -0.2) is 0 Å². The average molecular weight is 461 g/mol. The Morgan fingerprint density at radius 3 is 1.29 bits per heavy atom. The first-order valence-corrected chi connectivity index (χ1v) is 13.5. The summed E-state index contributed by atoms with van der Waals surface area (Å²) in [5.74, 6) is 0. The van der Waals surface area contributed by atoms with Gasteiger partial charge >= 0.3 is 0 Å². The Labute approximate surface area is 204 Å². The summed E-state index contributed by atoms with van der Waals surface area (Å²) in [6, 6.07) is 47.4. The van der Waals surface area contributed by atoms with Crippen LogP contribution >= 0.6 is 7.53 Å². The van der Waals surface area contributed by atoms with E-state index in [9.17, 15) is 0 Å². The molecule has 0 nitrogen and oxygen atoms in total. The van der Waals surface area contributed by atoms with Crippen LogP contribution in [0.1, 0.15) is 0 Å². The molecule has 0 spiro atoms. The highest BCUT2D eigenvalue weighted by Gasteiger charge is 2.19. The molecule has 8 rings (SSSR count). The molecule has 162 valence electrons. The molecule has 0 aliphatic rings. The van der Waals surface area contributed by atoms with Gasteiger partial charge in [0, 0.05) is 21.0 Å². The van der Waals surface area contributed by atoms with Gasteiger partial charge in [-0.05, 0) is 60.5 Å². The van der Waals surface area contributed by atoms with Gasteiger partial charge in [0.15, 0.2) is 0 Å². The molecular formula is C34H21P. The summed E-state index contributed by atoms with van der Waals surface area (Å²) in [6.07, 6.45) is 0. The predicted molar refractivity (Wildman–Crippen MR) is 156 cm³/mol. The lowest BCUT2D eigenvalue weighted by Crippen LogP contribution is -1.81. The van der Waals surface area contributed by atoms with Crippen molar-refractivity contribution in [1.29, 1.82) is 0 Å². The molecule has 0 unspecified atom stereocenters. The Hall–Kier alpha value is -4.12. The molecule has 0 N–H and O–H groups in total. The topological polar surface area (TPSA) is 0 Å². The van der Waals surface area contributed by atoms with Crippen molar-refractivity contribution in [1.82, 2.24) is 0 Å². The second-order valence-corrected chi connectivity index (χ2v) is 11.5. The first-order chi connectivity index (χ1) is 17.4. The van der Waals surface area contributed by atoms with Gasteiger partial charge in [-0.15, -0.1) is 0 Å². The number of fused-ring (bicyclic) bond motifs is 11. The molecule has 0 fully saturated rings. The fourth-order valence-corrected chi connectivity index (χ4v) is 8.66. The molecule has 7 aromatic carbocycles. The molecule has 1 aromatic heterocycles. The van der Waals surface area contributed by atoms with E-state index in [0.29, 0.717) is 0 Å². The molecule has 0 saturated carbocycles. The SMILES string of the molecule is c1ccc(-p2c3ccc4ccc5ccccc5c4c3c3c4c(ccc5ccccc54)ccc32)cc1. The number of hydrogen-bond acceptors (Lipinski definition) is 0. The van der Waals surface area contributed by atoms with Crippen LogP contribution in [0.4, 0.5) is 0 Å². The zero-order valence-corrected chi connectivity index (χ0v) is 20.0. The van der Waals surface area contributed by atoms with Crippen LogP contribution in [0.5, 0.6) is 0 Å². The summed E-state index contributed by atoms with van der Waals surface area (Å²) >= 11 is 0. The van der Waals surface area contributed by atoms with Crippen molar-refractivity contribution >= 4 is 71.6 Å². The normalized spacial score (nSPS) is 12.0. The molecule has 0 atom stereocenters. The van der Waals surface area contributed by atoms with Crippen LogP contribution in [-0.2, 0) is 0 Å². The second kappa shape index (κ2) is 7.19. The summed E-state index contributed by atoms with van der Waals surface area (Å²) in [7, 11) is -0.629. The molecule has 8 aromatic rings. The van der Waals surface area contributed by atoms with Gasteiger partial charge < -0.3 is 0 Å². The Morgan fingerprint density at radius 1 is 0.314 bits per heavy atom. The Bertz CT molecular complexity index is 1960. The maximum Gasteiger partial charge on any atom is 0.00752 e. The summed E-state index contributed by atoms with van der Waals surface area (Å²) < 4.78 is 0. The standard InChI is InChI=1S/C34H21P/c1-2-10-26(11-3-1)35-29-20-18-24-16-14-22-8-4-6-12-27(22)31(24)33(29)34-30(35)21-19-25-17-15-23-9-5-7-13-28(23)32(25)34/h1-21H. The van der Waals surface area contributed by atoms with E-state index in [1.807, 2.05) is 0 Å². The zero-order valence-electron chi connectivity index (χ0n) is 19.1. The van der Waals surface area contributed by atoms with Crippen LogP contribution in [0.25, 0.3) is 69.4 Å². The van der Waals surface area contributed by atoms with Crippen LogP contribution < -0.4 is 0 Å². The van der Waals surface area contributed by atoms with Gasteiger partial charge in [-0.2, -0.15) is 0 Å². The zero-order chi connectivity index (χ0) is 22.9. The molecule has 0 aliphatic carbocycles. The number of rotatable bonds is 1. The van der Waals surface area contributed by atoms with E-state index in [1.165, 1.54) is 69.4 Å². The van der Waals surface area contributed by atoms with Crippen molar-refractivity contribution in [3.8, 4) is 5.30 Å². The maximum atomic E-state index is 2.40. The molecule has 0 saturated heterocycles. The molecule has 0 aliphatic heterocycles. The van der Waals surface area contributed by atoms with Crippen LogP contribution in [0.3, 0.4) is 0 Å². The third-order valence-electron chi connectivity index (χ3n) is 7.52. The minimum absolute atomic E-state index is 0.629. The highest BCUT2D eigenvalue weighted by Crippen LogP contribution is 2.58. The van der Waals surface area contributed by atoms with Crippen molar-refractivity contribution in [2.45, 2.75) is 0 Å². The predicted octanol–water partition coefficient (Wildman–Crippen LogP) is 10.6. The fourth-order valence-electron chi connectivity index (χ4n) is 6.04. The number of benzene rings is 7. The van der Waals surface area contributed by atoms with Crippen LogP contribution in [0, 0.1) is 0 Å². The molecule has 35 heavy (non-hydrogen) atoms. The van der Waals surface area contributed by atoms with Crippen molar-refractivity contribution < 1.29 is 0 Å². The van der Waals surface area contributed by atoms with Crippen LogP contribution in [-0.4, -0.2) is 0 Å². The first-order valence-electron chi connectivity index (χ1n) is 12.1. The summed E-state index contributed by atoms with van der Waals surface area (Å²) in [5, 5.41) is 17.9. The highest BCUT2D eigenvalue weighted by atomic mass is 31.1. The number of hydrogen-bond donors (Lipinski definition) is 0. The minimum Gasteiger partial charge on any atom is -0.0772 e. The van der Waals surface area contributed by atoms with Crippen molar-refractivity contribution in [3.63, 3.8) is 0 Å². The maximum absolute atomic E-state index is 2.40. The smallest absolute Gasteiger partial charge is 0.00752 e. The van der Waals surface area contributed by atoms with Gasteiger partial charge in [0.25, 0.3) is 0 Å². The summed E-state index contributed by atoms with van der Waals surface area (Å²) in [6.45, 7) is 0. The van der Waals surface area contributed by atoms with E-state index < -0.39 is 7.53 Å². The third-order valence-corrected chi connectivity index (χ3v) is 10.0. The van der Waals surface area contributed by atoms with Gasteiger partial charge in [0.05, 0.1) is 0 Å². The lowest BCUT2D eigenvalue weighted by atomic mass is 9.94. The van der Waals surface area contributed by atoms with Crippen LogP contribution in [0.2, 0.25) is 0 Å². The average Bonchev–Trinajstić information content (AvgIpc) is 3.27. The minimum atomic E-state index is -0.629. The van der Waals surface area contributed by atoms with Gasteiger partial charge in [0.1, 0.15) is 0 Å². The molecule has 1 heteroatoms. The second-order valence-electron chi connectivity index (χ2n) is 9.36. The summed E-state index contributed by atoms with van der Waals surface area (Å²) in [4.78, 5) is 0. The van der Waals surface area contributed by atoms with E-state index in [4.69, 9.17) is 0 Å². The van der Waals surface area contributed by atoms with E-state index in [0.717, 1.165) is 0 Å². The highest BCUT2D eigenvalue weighted by molar-refractivity contribution is 7.68. The third kappa shape index (κ3) is 2.64. The van der Waals surface area contributed by atoms with Crippen molar-refractivity contribution in [2.24, 2.45) is 0 Å². The van der Waals surface area contributed by atoms with E-state index in [2.05, 4.69) is 127 Å².